The first-order valence-corrected chi connectivity index (χ1v) is 8.12. The molecule has 0 aliphatic carbocycles. The molecule has 1 aromatic carbocycles. The summed E-state index contributed by atoms with van der Waals surface area (Å²) in [6, 6.07) is 7.62. The number of halogens is 4. The molecule has 2 rings (SSSR count). The predicted octanol–water partition coefficient (Wildman–Crippen LogP) is 4.90. The monoisotopic (exact) mass is 377 g/mol. The van der Waals surface area contributed by atoms with E-state index in [0.29, 0.717) is 12.0 Å². The summed E-state index contributed by atoms with van der Waals surface area (Å²) in [5.74, 6) is 0. The standard InChI is InChI=1S/C15H15BrF3NS/c1-20-12(9-14-13(16)5-6-21-14)8-10-3-2-4-11(7-10)15(17,18)19/h2-7,12,20H,8-9H2,1H3. The van der Waals surface area contributed by atoms with Crippen LogP contribution >= 0.6 is 27.3 Å². The minimum atomic E-state index is -4.29. The fraction of sp³-hybridized carbons (Fsp3) is 0.333. The van der Waals surface area contributed by atoms with Crippen LogP contribution < -0.4 is 5.32 Å². The summed E-state index contributed by atoms with van der Waals surface area (Å²) in [5, 5.41) is 5.18. The number of hydrogen-bond acceptors (Lipinski definition) is 2. The molecule has 0 saturated carbocycles. The second kappa shape index (κ2) is 6.94. The predicted molar refractivity (Wildman–Crippen MR) is 83.7 cm³/mol. The third-order valence-corrected chi connectivity index (χ3v) is 5.22. The van der Waals surface area contributed by atoms with Crippen molar-refractivity contribution in [2.75, 3.05) is 7.05 Å². The molecule has 0 amide bonds. The lowest BCUT2D eigenvalue weighted by Gasteiger charge is -2.17. The molecule has 2 aromatic rings. The third-order valence-electron chi connectivity index (χ3n) is 3.27. The minimum absolute atomic E-state index is 0.100. The number of hydrogen-bond donors (Lipinski definition) is 1. The van der Waals surface area contributed by atoms with Crippen molar-refractivity contribution in [3.05, 3.63) is 56.2 Å². The van der Waals surface area contributed by atoms with Crippen molar-refractivity contribution in [3.63, 3.8) is 0 Å². The molecule has 0 fully saturated rings. The number of likely N-dealkylation sites (N-methyl/N-ethyl adjacent to an activating group) is 1. The van der Waals surface area contributed by atoms with Crippen molar-refractivity contribution in [3.8, 4) is 0 Å². The zero-order valence-electron chi connectivity index (χ0n) is 11.4. The van der Waals surface area contributed by atoms with Crippen molar-refractivity contribution in [2.45, 2.75) is 25.1 Å². The summed E-state index contributed by atoms with van der Waals surface area (Å²) in [4.78, 5) is 1.20. The van der Waals surface area contributed by atoms with Crippen LogP contribution in [0.5, 0.6) is 0 Å². The average Bonchev–Trinajstić information content (AvgIpc) is 2.83. The van der Waals surface area contributed by atoms with Gasteiger partial charge in [0.25, 0.3) is 0 Å². The number of alkyl halides is 3. The smallest absolute Gasteiger partial charge is 0.316 e. The summed E-state index contributed by atoms with van der Waals surface area (Å²) in [6.07, 6.45) is -2.95. The van der Waals surface area contributed by atoms with E-state index >= 15 is 0 Å². The quantitative estimate of drug-likeness (QED) is 0.780. The van der Waals surface area contributed by atoms with Crippen LogP contribution in [-0.2, 0) is 19.0 Å². The van der Waals surface area contributed by atoms with Crippen LogP contribution in [0.25, 0.3) is 0 Å². The van der Waals surface area contributed by atoms with Gasteiger partial charge in [0.1, 0.15) is 0 Å². The van der Waals surface area contributed by atoms with Crippen LogP contribution in [-0.4, -0.2) is 13.1 Å². The Labute approximate surface area is 134 Å². The second-order valence-corrected chi connectivity index (χ2v) is 6.64. The molecule has 0 radical (unpaired) electrons. The Kier molecular flexibility index (Phi) is 5.46. The first-order valence-electron chi connectivity index (χ1n) is 6.45. The van der Waals surface area contributed by atoms with Gasteiger partial charge in [-0.3, -0.25) is 0 Å². The largest absolute Gasteiger partial charge is 0.416 e. The van der Waals surface area contributed by atoms with E-state index in [1.54, 1.807) is 17.4 Å². The van der Waals surface area contributed by atoms with E-state index in [0.717, 1.165) is 17.0 Å². The summed E-state index contributed by atoms with van der Waals surface area (Å²) >= 11 is 5.13. The lowest BCUT2D eigenvalue weighted by atomic mass is 10.0. The topological polar surface area (TPSA) is 12.0 Å². The van der Waals surface area contributed by atoms with Gasteiger partial charge in [-0.05, 0) is 58.9 Å². The SMILES string of the molecule is CNC(Cc1cccc(C(F)(F)F)c1)Cc1sccc1Br. The second-order valence-electron chi connectivity index (χ2n) is 4.78. The lowest BCUT2D eigenvalue weighted by molar-refractivity contribution is -0.137. The van der Waals surface area contributed by atoms with Crippen molar-refractivity contribution in [1.82, 2.24) is 5.32 Å². The first-order chi connectivity index (χ1) is 9.90. The van der Waals surface area contributed by atoms with Gasteiger partial charge in [0.15, 0.2) is 0 Å². The van der Waals surface area contributed by atoms with E-state index in [2.05, 4.69) is 21.2 Å². The van der Waals surface area contributed by atoms with Crippen LogP contribution in [0.1, 0.15) is 16.0 Å². The number of rotatable bonds is 5. The van der Waals surface area contributed by atoms with Gasteiger partial charge in [0, 0.05) is 15.4 Å². The molecule has 0 aliphatic heterocycles. The highest BCUT2D eigenvalue weighted by Crippen LogP contribution is 2.30. The summed E-state index contributed by atoms with van der Waals surface area (Å²) < 4.78 is 39.2. The summed E-state index contributed by atoms with van der Waals surface area (Å²) in [6.45, 7) is 0. The molecule has 1 N–H and O–H groups in total. The van der Waals surface area contributed by atoms with E-state index in [9.17, 15) is 13.2 Å². The highest BCUT2D eigenvalue weighted by Gasteiger charge is 2.30. The number of nitrogens with one attached hydrogen (secondary N) is 1. The highest BCUT2D eigenvalue weighted by molar-refractivity contribution is 9.10. The highest BCUT2D eigenvalue weighted by atomic mass is 79.9. The molecule has 0 saturated heterocycles. The van der Waals surface area contributed by atoms with E-state index in [4.69, 9.17) is 0 Å². The number of thiophene rings is 1. The van der Waals surface area contributed by atoms with Crippen molar-refractivity contribution >= 4 is 27.3 Å². The molecule has 1 unspecified atom stereocenters. The maximum Gasteiger partial charge on any atom is 0.416 e. The Hall–Kier alpha value is -0.850. The van der Waals surface area contributed by atoms with E-state index in [1.165, 1.54) is 17.0 Å². The Balaban J connectivity index is 2.10. The van der Waals surface area contributed by atoms with Crippen molar-refractivity contribution in [1.29, 1.82) is 0 Å². The average molecular weight is 378 g/mol. The van der Waals surface area contributed by atoms with E-state index < -0.39 is 11.7 Å². The summed E-state index contributed by atoms with van der Waals surface area (Å²) in [5.41, 5.74) is 0.101. The maximum atomic E-state index is 12.7. The molecule has 0 spiro atoms. The zero-order chi connectivity index (χ0) is 15.5. The van der Waals surface area contributed by atoms with Gasteiger partial charge < -0.3 is 5.32 Å². The van der Waals surface area contributed by atoms with Crippen molar-refractivity contribution in [2.24, 2.45) is 0 Å². The minimum Gasteiger partial charge on any atom is -0.316 e. The molecule has 1 nitrogen and oxygen atoms in total. The zero-order valence-corrected chi connectivity index (χ0v) is 13.8. The fourth-order valence-corrected chi connectivity index (χ4v) is 3.73. The molecule has 114 valence electrons. The first kappa shape index (κ1) is 16.5. The molecule has 1 aromatic heterocycles. The molecule has 6 heteroatoms. The third kappa shape index (κ3) is 4.56. The molecule has 21 heavy (non-hydrogen) atoms. The van der Waals surface area contributed by atoms with Gasteiger partial charge in [-0.1, -0.05) is 18.2 Å². The molecule has 0 aliphatic rings. The van der Waals surface area contributed by atoms with Crippen LogP contribution in [0.2, 0.25) is 0 Å². The van der Waals surface area contributed by atoms with Crippen LogP contribution in [0.15, 0.2) is 40.2 Å². The molecular formula is C15H15BrF3NS. The Morgan fingerprint density at radius 3 is 2.57 bits per heavy atom. The van der Waals surface area contributed by atoms with Gasteiger partial charge in [0.05, 0.1) is 5.56 Å². The van der Waals surface area contributed by atoms with Gasteiger partial charge in [0.2, 0.25) is 0 Å². The van der Waals surface area contributed by atoms with E-state index in [1.807, 2.05) is 18.5 Å². The molecule has 0 bridgehead atoms. The molecular weight excluding hydrogens is 363 g/mol. The summed E-state index contributed by atoms with van der Waals surface area (Å²) in [7, 11) is 1.83. The fourth-order valence-electron chi connectivity index (χ4n) is 2.13. The van der Waals surface area contributed by atoms with Crippen LogP contribution in [0, 0.1) is 0 Å². The Morgan fingerprint density at radius 1 is 1.24 bits per heavy atom. The van der Waals surface area contributed by atoms with Crippen molar-refractivity contribution < 1.29 is 13.2 Å². The Morgan fingerprint density at radius 2 is 2.00 bits per heavy atom. The van der Waals surface area contributed by atoms with E-state index in [-0.39, 0.29) is 6.04 Å². The Bertz CT molecular complexity index is 595. The van der Waals surface area contributed by atoms with Gasteiger partial charge in [-0.2, -0.15) is 13.2 Å². The lowest BCUT2D eigenvalue weighted by Crippen LogP contribution is -2.29. The molecule has 1 atom stereocenters. The van der Waals surface area contributed by atoms with Crippen LogP contribution in [0.4, 0.5) is 13.2 Å². The maximum absolute atomic E-state index is 12.7. The normalized spacial score (nSPS) is 13.4. The van der Waals surface area contributed by atoms with Crippen LogP contribution in [0.3, 0.4) is 0 Å². The van der Waals surface area contributed by atoms with Gasteiger partial charge >= 0.3 is 6.18 Å². The molecule has 1 heterocycles. The van der Waals surface area contributed by atoms with Gasteiger partial charge in [-0.25, -0.2) is 0 Å². The number of benzene rings is 1. The van der Waals surface area contributed by atoms with Gasteiger partial charge in [-0.15, -0.1) is 11.3 Å².